The van der Waals surface area contributed by atoms with Gasteiger partial charge in [-0.25, -0.2) is 0 Å². The lowest BCUT2D eigenvalue weighted by Crippen LogP contribution is -2.56. The van der Waals surface area contributed by atoms with Crippen LogP contribution in [0.3, 0.4) is 0 Å². The molecule has 0 heterocycles. The van der Waals surface area contributed by atoms with Crippen molar-refractivity contribution in [2.24, 2.45) is 5.73 Å². The van der Waals surface area contributed by atoms with Gasteiger partial charge in [-0.3, -0.25) is 14.9 Å². The number of primary amides is 1. The van der Waals surface area contributed by atoms with Crippen molar-refractivity contribution in [3.05, 3.63) is 0 Å². The molecule has 0 rings (SSSR count). The lowest BCUT2D eigenvalue weighted by molar-refractivity contribution is -0.140. The highest BCUT2D eigenvalue weighted by molar-refractivity contribution is 5.84. The average Bonchev–Trinajstić information content (AvgIpc) is 2.11. The van der Waals surface area contributed by atoms with Crippen LogP contribution in [0, 0.1) is 0 Å². The summed E-state index contributed by atoms with van der Waals surface area (Å²) in [6.45, 7) is 5.15. The highest BCUT2D eigenvalue weighted by Gasteiger charge is 2.30. The van der Waals surface area contributed by atoms with E-state index in [1.807, 2.05) is 6.92 Å². The lowest BCUT2D eigenvalue weighted by atomic mass is 10.0. The molecular formula is C10H20N2O3. The molecule has 1 atom stereocenters. The molecule has 4 N–H and O–H groups in total. The van der Waals surface area contributed by atoms with Crippen LogP contribution in [-0.2, 0) is 9.59 Å². The fraction of sp³-hybridized carbons (Fsp3) is 0.800. The minimum Gasteiger partial charge on any atom is -0.480 e. The summed E-state index contributed by atoms with van der Waals surface area (Å²) in [4.78, 5) is 21.9. The third-order valence-electron chi connectivity index (χ3n) is 2.30. The highest BCUT2D eigenvalue weighted by atomic mass is 16.4. The molecule has 5 heteroatoms. The van der Waals surface area contributed by atoms with Crippen molar-refractivity contribution < 1.29 is 14.7 Å². The van der Waals surface area contributed by atoms with E-state index in [0.29, 0.717) is 6.42 Å². The SMILES string of the molecule is CCCCC(NC(C)(C)C(N)=O)C(=O)O. The van der Waals surface area contributed by atoms with Crippen LogP contribution in [0.4, 0.5) is 0 Å². The molecule has 5 nitrogen and oxygen atoms in total. The first kappa shape index (κ1) is 13.9. The van der Waals surface area contributed by atoms with E-state index < -0.39 is 23.5 Å². The van der Waals surface area contributed by atoms with Crippen molar-refractivity contribution in [2.75, 3.05) is 0 Å². The molecule has 0 aliphatic carbocycles. The van der Waals surface area contributed by atoms with Gasteiger partial charge >= 0.3 is 5.97 Å². The number of hydrogen-bond donors (Lipinski definition) is 3. The number of carbonyl (C=O) groups is 2. The van der Waals surface area contributed by atoms with Gasteiger partial charge in [-0.15, -0.1) is 0 Å². The van der Waals surface area contributed by atoms with Gasteiger partial charge in [0.25, 0.3) is 0 Å². The van der Waals surface area contributed by atoms with Gasteiger partial charge in [0.1, 0.15) is 6.04 Å². The Morgan fingerprint density at radius 3 is 2.33 bits per heavy atom. The summed E-state index contributed by atoms with van der Waals surface area (Å²) in [5.41, 5.74) is 4.16. The Balaban J connectivity index is 4.40. The van der Waals surface area contributed by atoms with Crippen LogP contribution in [0.1, 0.15) is 40.0 Å². The number of hydrogen-bond acceptors (Lipinski definition) is 3. The lowest BCUT2D eigenvalue weighted by Gasteiger charge is -2.26. The normalized spacial score (nSPS) is 13.5. The summed E-state index contributed by atoms with van der Waals surface area (Å²) in [7, 11) is 0. The van der Waals surface area contributed by atoms with E-state index in [1.165, 1.54) is 0 Å². The van der Waals surface area contributed by atoms with E-state index in [0.717, 1.165) is 12.8 Å². The highest BCUT2D eigenvalue weighted by Crippen LogP contribution is 2.08. The predicted molar refractivity (Wildman–Crippen MR) is 57.4 cm³/mol. The third-order valence-corrected chi connectivity index (χ3v) is 2.30. The topological polar surface area (TPSA) is 92.4 Å². The first-order valence-electron chi connectivity index (χ1n) is 5.11. The minimum absolute atomic E-state index is 0.503. The molecule has 0 aromatic carbocycles. The maximum atomic E-state index is 11.0. The molecular weight excluding hydrogens is 196 g/mol. The zero-order valence-corrected chi connectivity index (χ0v) is 9.54. The molecule has 0 saturated carbocycles. The smallest absolute Gasteiger partial charge is 0.320 e. The minimum atomic E-state index is -0.989. The number of nitrogens with two attached hydrogens (primary N) is 1. The number of nitrogens with one attached hydrogen (secondary N) is 1. The Morgan fingerprint density at radius 2 is 2.00 bits per heavy atom. The fourth-order valence-corrected chi connectivity index (χ4v) is 1.17. The van der Waals surface area contributed by atoms with Crippen LogP contribution in [0.25, 0.3) is 0 Å². The molecule has 0 spiro atoms. The van der Waals surface area contributed by atoms with Crippen molar-refractivity contribution in [1.29, 1.82) is 0 Å². The van der Waals surface area contributed by atoms with Crippen LogP contribution in [-0.4, -0.2) is 28.6 Å². The molecule has 0 aliphatic rings. The van der Waals surface area contributed by atoms with Gasteiger partial charge in [0, 0.05) is 0 Å². The zero-order chi connectivity index (χ0) is 12.1. The van der Waals surface area contributed by atoms with Crippen LogP contribution in [0.15, 0.2) is 0 Å². The maximum absolute atomic E-state index is 11.0. The summed E-state index contributed by atoms with van der Waals surface area (Å²) in [5, 5.41) is 11.7. The number of unbranched alkanes of at least 4 members (excludes halogenated alkanes) is 1. The molecule has 0 aromatic heterocycles. The largest absolute Gasteiger partial charge is 0.480 e. The monoisotopic (exact) mass is 216 g/mol. The van der Waals surface area contributed by atoms with Crippen LogP contribution in [0.2, 0.25) is 0 Å². The first-order chi connectivity index (χ1) is 6.81. The van der Waals surface area contributed by atoms with E-state index >= 15 is 0 Å². The van der Waals surface area contributed by atoms with Gasteiger partial charge in [-0.1, -0.05) is 19.8 Å². The van der Waals surface area contributed by atoms with Gasteiger partial charge in [0.05, 0.1) is 5.54 Å². The van der Waals surface area contributed by atoms with Crippen molar-refractivity contribution >= 4 is 11.9 Å². The van der Waals surface area contributed by atoms with E-state index in [4.69, 9.17) is 10.8 Å². The van der Waals surface area contributed by atoms with Crippen LogP contribution >= 0.6 is 0 Å². The summed E-state index contributed by atoms with van der Waals surface area (Å²) >= 11 is 0. The van der Waals surface area contributed by atoms with Crippen molar-refractivity contribution in [3.8, 4) is 0 Å². The fourth-order valence-electron chi connectivity index (χ4n) is 1.17. The first-order valence-corrected chi connectivity index (χ1v) is 5.11. The van der Waals surface area contributed by atoms with E-state index in [-0.39, 0.29) is 0 Å². The Hall–Kier alpha value is -1.10. The van der Waals surface area contributed by atoms with Gasteiger partial charge < -0.3 is 10.8 Å². The van der Waals surface area contributed by atoms with E-state index in [2.05, 4.69) is 5.32 Å². The second-order valence-corrected chi connectivity index (χ2v) is 4.17. The third kappa shape index (κ3) is 4.78. The van der Waals surface area contributed by atoms with Crippen molar-refractivity contribution in [2.45, 2.75) is 51.6 Å². The second kappa shape index (κ2) is 5.70. The summed E-state index contributed by atoms with van der Waals surface area (Å²) in [6, 6.07) is -0.715. The van der Waals surface area contributed by atoms with Crippen LogP contribution in [0.5, 0.6) is 0 Å². The van der Waals surface area contributed by atoms with E-state index in [1.54, 1.807) is 13.8 Å². The Labute approximate surface area is 90.0 Å². The number of carboxylic acids is 1. The molecule has 15 heavy (non-hydrogen) atoms. The molecule has 0 fully saturated rings. The average molecular weight is 216 g/mol. The molecule has 0 radical (unpaired) electrons. The Morgan fingerprint density at radius 1 is 1.47 bits per heavy atom. The number of carboxylic acid groups (broad SMARTS) is 1. The van der Waals surface area contributed by atoms with Crippen molar-refractivity contribution in [3.63, 3.8) is 0 Å². The van der Waals surface area contributed by atoms with Gasteiger partial charge in [-0.2, -0.15) is 0 Å². The Kier molecular flexibility index (Phi) is 5.28. The molecule has 1 unspecified atom stereocenters. The standard InChI is InChI=1S/C10H20N2O3/c1-4-5-6-7(8(13)14)12-10(2,3)9(11)15/h7,12H,4-6H2,1-3H3,(H2,11,15)(H,13,14). The van der Waals surface area contributed by atoms with Gasteiger partial charge in [0.2, 0.25) is 5.91 Å². The number of aliphatic carboxylic acids is 1. The van der Waals surface area contributed by atoms with Crippen molar-refractivity contribution in [1.82, 2.24) is 5.32 Å². The number of rotatable bonds is 7. The zero-order valence-electron chi connectivity index (χ0n) is 9.54. The quantitative estimate of drug-likeness (QED) is 0.577. The molecule has 0 bridgehead atoms. The van der Waals surface area contributed by atoms with Gasteiger partial charge in [-0.05, 0) is 20.3 Å². The van der Waals surface area contributed by atoms with E-state index in [9.17, 15) is 9.59 Å². The summed E-state index contributed by atoms with van der Waals surface area (Å²) in [5.74, 6) is -1.50. The maximum Gasteiger partial charge on any atom is 0.320 e. The molecule has 0 saturated heterocycles. The molecule has 88 valence electrons. The molecule has 1 amide bonds. The number of amides is 1. The van der Waals surface area contributed by atoms with Crippen LogP contribution < -0.4 is 11.1 Å². The van der Waals surface area contributed by atoms with Gasteiger partial charge in [0.15, 0.2) is 0 Å². The second-order valence-electron chi connectivity index (χ2n) is 4.17. The summed E-state index contributed by atoms with van der Waals surface area (Å²) < 4.78 is 0. The Bertz CT molecular complexity index is 239. The summed E-state index contributed by atoms with van der Waals surface area (Å²) in [6.07, 6.45) is 2.23. The number of carbonyl (C=O) groups excluding carboxylic acids is 1. The molecule has 0 aliphatic heterocycles. The molecule has 0 aromatic rings. The predicted octanol–water partition coefficient (Wildman–Crippen LogP) is 0.483.